The monoisotopic (exact) mass is 336 g/mol. The van der Waals surface area contributed by atoms with Gasteiger partial charge in [0.15, 0.2) is 0 Å². The standard InChI is InChI=1S/C18H25FN2O3/c19-14-3-5-15(6-4-14)24-10-8-21-11-16(13-1-2-13)17(12-21)20-18(23)7-9-22/h3-6,13,16-17,22H,1-2,7-12H2,(H,20,23)/t16-,17+/m1/s1. The molecule has 2 aliphatic rings. The molecular formula is C18H25FN2O3. The minimum Gasteiger partial charge on any atom is -0.492 e. The number of nitrogens with zero attached hydrogens (tertiary/aromatic N) is 1. The summed E-state index contributed by atoms with van der Waals surface area (Å²) in [5.41, 5.74) is 0. The zero-order valence-corrected chi connectivity index (χ0v) is 13.8. The molecule has 5 nitrogen and oxygen atoms in total. The first-order chi connectivity index (χ1) is 11.7. The van der Waals surface area contributed by atoms with Crippen molar-refractivity contribution in [2.75, 3.05) is 32.8 Å². The number of aliphatic hydroxyl groups is 1. The van der Waals surface area contributed by atoms with Gasteiger partial charge in [0, 0.05) is 32.1 Å². The lowest BCUT2D eigenvalue weighted by Crippen LogP contribution is -2.41. The third-order valence-corrected chi connectivity index (χ3v) is 4.84. The van der Waals surface area contributed by atoms with E-state index in [-0.39, 0.29) is 30.8 Å². The van der Waals surface area contributed by atoms with E-state index in [1.165, 1.54) is 25.0 Å². The van der Waals surface area contributed by atoms with E-state index >= 15 is 0 Å². The molecule has 2 fully saturated rings. The lowest BCUT2D eigenvalue weighted by atomic mass is 9.98. The molecule has 6 heteroatoms. The van der Waals surface area contributed by atoms with Gasteiger partial charge in [-0.3, -0.25) is 9.69 Å². The van der Waals surface area contributed by atoms with E-state index in [2.05, 4.69) is 10.2 Å². The maximum atomic E-state index is 12.9. The fourth-order valence-corrected chi connectivity index (χ4v) is 3.45. The molecule has 1 aliphatic carbocycles. The van der Waals surface area contributed by atoms with Crippen LogP contribution in [0.1, 0.15) is 19.3 Å². The first kappa shape index (κ1) is 17.2. The van der Waals surface area contributed by atoms with Crippen molar-refractivity contribution in [3.8, 4) is 5.75 Å². The Balaban J connectivity index is 1.46. The van der Waals surface area contributed by atoms with E-state index in [4.69, 9.17) is 9.84 Å². The summed E-state index contributed by atoms with van der Waals surface area (Å²) in [5, 5.41) is 12.0. The number of amides is 1. The number of halogens is 1. The van der Waals surface area contributed by atoms with Crippen LogP contribution < -0.4 is 10.1 Å². The normalized spacial score (nSPS) is 24.1. The van der Waals surface area contributed by atoms with Crippen LogP contribution in [-0.2, 0) is 4.79 Å². The van der Waals surface area contributed by atoms with E-state index < -0.39 is 0 Å². The molecular weight excluding hydrogens is 311 g/mol. The Morgan fingerprint density at radius 1 is 1.29 bits per heavy atom. The van der Waals surface area contributed by atoms with Gasteiger partial charge in [-0.05, 0) is 48.9 Å². The molecule has 0 unspecified atom stereocenters. The molecule has 1 amide bonds. The molecule has 1 heterocycles. The summed E-state index contributed by atoms with van der Waals surface area (Å²) in [4.78, 5) is 14.1. The smallest absolute Gasteiger partial charge is 0.222 e. The second kappa shape index (κ2) is 7.94. The number of carbonyl (C=O) groups is 1. The first-order valence-electron chi connectivity index (χ1n) is 8.66. The van der Waals surface area contributed by atoms with Crippen LogP contribution in [0.2, 0.25) is 0 Å². The summed E-state index contributed by atoms with van der Waals surface area (Å²) in [6.45, 7) is 3.02. The van der Waals surface area contributed by atoms with Crippen molar-refractivity contribution in [3.05, 3.63) is 30.1 Å². The van der Waals surface area contributed by atoms with Crippen LogP contribution in [-0.4, -0.2) is 54.8 Å². The van der Waals surface area contributed by atoms with Crippen molar-refractivity contribution in [2.24, 2.45) is 11.8 Å². The number of likely N-dealkylation sites (tertiary alicyclic amines) is 1. The predicted molar refractivity (Wildman–Crippen MR) is 88.2 cm³/mol. The molecule has 1 saturated heterocycles. The number of carbonyl (C=O) groups excluding carboxylic acids is 1. The van der Waals surface area contributed by atoms with Crippen LogP contribution in [0.3, 0.4) is 0 Å². The number of hydrogen-bond donors (Lipinski definition) is 2. The molecule has 1 aromatic rings. The maximum Gasteiger partial charge on any atom is 0.222 e. The Morgan fingerprint density at radius 3 is 2.71 bits per heavy atom. The lowest BCUT2D eigenvalue weighted by Gasteiger charge is -2.19. The minimum atomic E-state index is -0.268. The first-order valence-corrected chi connectivity index (χ1v) is 8.66. The Kier molecular flexibility index (Phi) is 5.68. The molecule has 0 radical (unpaired) electrons. The van der Waals surface area contributed by atoms with Gasteiger partial charge in [0.25, 0.3) is 0 Å². The summed E-state index contributed by atoms with van der Waals surface area (Å²) >= 11 is 0. The van der Waals surface area contributed by atoms with Gasteiger partial charge in [-0.25, -0.2) is 4.39 Å². The number of benzene rings is 1. The van der Waals surface area contributed by atoms with E-state index in [9.17, 15) is 9.18 Å². The molecule has 2 atom stereocenters. The van der Waals surface area contributed by atoms with Crippen LogP contribution in [0.5, 0.6) is 5.75 Å². The number of nitrogens with one attached hydrogen (secondary N) is 1. The van der Waals surface area contributed by atoms with Crippen molar-refractivity contribution in [2.45, 2.75) is 25.3 Å². The van der Waals surface area contributed by atoms with Crippen LogP contribution in [0.15, 0.2) is 24.3 Å². The van der Waals surface area contributed by atoms with Crippen molar-refractivity contribution < 1.29 is 19.0 Å². The molecule has 3 rings (SSSR count). The number of hydrogen-bond acceptors (Lipinski definition) is 4. The van der Waals surface area contributed by atoms with Gasteiger partial charge in [0.1, 0.15) is 18.2 Å². The highest BCUT2D eigenvalue weighted by molar-refractivity contribution is 5.76. The van der Waals surface area contributed by atoms with E-state index in [1.807, 2.05) is 0 Å². The second-order valence-corrected chi connectivity index (χ2v) is 6.71. The zero-order valence-electron chi connectivity index (χ0n) is 13.8. The fraction of sp³-hybridized carbons (Fsp3) is 0.611. The quantitative estimate of drug-likeness (QED) is 0.754. The molecule has 1 aliphatic heterocycles. The number of ether oxygens (including phenoxy) is 1. The van der Waals surface area contributed by atoms with Gasteiger partial charge in [0.2, 0.25) is 5.91 Å². The summed E-state index contributed by atoms with van der Waals surface area (Å²) in [7, 11) is 0. The van der Waals surface area contributed by atoms with Crippen LogP contribution in [0.25, 0.3) is 0 Å². The highest BCUT2D eigenvalue weighted by Gasteiger charge is 2.42. The van der Waals surface area contributed by atoms with Gasteiger partial charge >= 0.3 is 0 Å². The highest BCUT2D eigenvalue weighted by Crippen LogP contribution is 2.41. The largest absolute Gasteiger partial charge is 0.492 e. The van der Waals surface area contributed by atoms with E-state index in [1.54, 1.807) is 12.1 Å². The van der Waals surface area contributed by atoms with Crippen LogP contribution in [0.4, 0.5) is 4.39 Å². The van der Waals surface area contributed by atoms with Crippen molar-refractivity contribution in [1.82, 2.24) is 10.2 Å². The summed E-state index contributed by atoms with van der Waals surface area (Å²) in [5.74, 6) is 1.54. The van der Waals surface area contributed by atoms with Crippen molar-refractivity contribution >= 4 is 5.91 Å². The molecule has 1 aromatic carbocycles. The third-order valence-electron chi connectivity index (χ3n) is 4.84. The minimum absolute atomic E-state index is 0.0717. The number of rotatable bonds is 8. The fourth-order valence-electron chi connectivity index (χ4n) is 3.45. The molecule has 0 aromatic heterocycles. The summed E-state index contributed by atoms with van der Waals surface area (Å²) in [6, 6.07) is 6.21. The molecule has 0 spiro atoms. The average molecular weight is 336 g/mol. The SMILES string of the molecule is O=C(CCO)N[C@H]1CN(CCOc2ccc(F)cc2)C[C@@H]1C1CC1. The summed E-state index contributed by atoms with van der Waals surface area (Å²) < 4.78 is 18.5. The molecule has 2 N–H and O–H groups in total. The third kappa shape index (κ3) is 4.68. The van der Waals surface area contributed by atoms with Gasteiger partial charge in [-0.1, -0.05) is 0 Å². The molecule has 1 saturated carbocycles. The van der Waals surface area contributed by atoms with Crippen LogP contribution in [0, 0.1) is 17.7 Å². The molecule has 24 heavy (non-hydrogen) atoms. The maximum absolute atomic E-state index is 12.9. The van der Waals surface area contributed by atoms with Crippen molar-refractivity contribution in [1.29, 1.82) is 0 Å². The van der Waals surface area contributed by atoms with E-state index in [0.717, 1.165) is 19.6 Å². The molecule has 132 valence electrons. The Hall–Kier alpha value is -1.66. The molecule has 0 bridgehead atoms. The predicted octanol–water partition coefficient (Wildman–Crippen LogP) is 1.41. The Bertz CT molecular complexity index is 548. The van der Waals surface area contributed by atoms with Gasteiger partial charge in [0.05, 0.1) is 6.61 Å². The Labute approximate surface area is 141 Å². The lowest BCUT2D eigenvalue weighted by molar-refractivity contribution is -0.122. The zero-order chi connectivity index (χ0) is 16.9. The van der Waals surface area contributed by atoms with Crippen molar-refractivity contribution in [3.63, 3.8) is 0 Å². The van der Waals surface area contributed by atoms with Crippen LogP contribution >= 0.6 is 0 Å². The summed E-state index contributed by atoms with van der Waals surface area (Å²) in [6.07, 6.45) is 2.66. The van der Waals surface area contributed by atoms with Gasteiger partial charge < -0.3 is 15.2 Å². The Morgan fingerprint density at radius 2 is 2.04 bits per heavy atom. The second-order valence-electron chi connectivity index (χ2n) is 6.71. The van der Waals surface area contributed by atoms with E-state index in [0.29, 0.717) is 24.2 Å². The number of aliphatic hydroxyl groups excluding tert-OH is 1. The van der Waals surface area contributed by atoms with Gasteiger partial charge in [-0.2, -0.15) is 0 Å². The van der Waals surface area contributed by atoms with Gasteiger partial charge in [-0.15, -0.1) is 0 Å². The highest BCUT2D eigenvalue weighted by atomic mass is 19.1. The average Bonchev–Trinajstić information content (AvgIpc) is 3.32. The topological polar surface area (TPSA) is 61.8 Å².